The van der Waals surface area contributed by atoms with Gasteiger partial charge < -0.3 is 10.2 Å². The molecule has 0 spiro atoms. The molecule has 0 unspecified atom stereocenters. The average molecular weight is 360 g/mol. The summed E-state index contributed by atoms with van der Waals surface area (Å²) in [5.74, 6) is 0.746. The first-order chi connectivity index (χ1) is 10.8. The smallest absolute Gasteiger partial charge is 0.211 e. The number of guanidine groups is 1. The second-order valence-electron chi connectivity index (χ2n) is 5.81. The van der Waals surface area contributed by atoms with E-state index in [4.69, 9.17) is 0 Å². The highest BCUT2D eigenvalue weighted by molar-refractivity contribution is 7.88. The number of aryl methyl sites for hydroxylation is 1. The molecule has 0 aromatic carbocycles. The summed E-state index contributed by atoms with van der Waals surface area (Å²) >= 11 is 1.63. The minimum atomic E-state index is -3.14. The standard InChI is InChI=1S/C14H25N5O2S2/c1-11-17-12(10-22-11)9-18(3)14(15-2)16-8-13-6-5-7-19(13)23(4,20)21/h10,13H,5-9H2,1-4H3,(H,15,16)/t13-/m1/s1. The summed E-state index contributed by atoms with van der Waals surface area (Å²) in [7, 11) is 0.541. The molecule has 130 valence electrons. The Morgan fingerprint density at radius 1 is 1.61 bits per heavy atom. The number of aliphatic imine (C=N–C) groups is 1. The Labute approximate surface area is 142 Å². The topological polar surface area (TPSA) is 77.9 Å². The van der Waals surface area contributed by atoms with Gasteiger partial charge in [-0.05, 0) is 19.8 Å². The largest absolute Gasteiger partial charge is 0.355 e. The highest BCUT2D eigenvalue weighted by Crippen LogP contribution is 2.19. The van der Waals surface area contributed by atoms with E-state index in [-0.39, 0.29) is 6.04 Å². The summed E-state index contributed by atoms with van der Waals surface area (Å²) in [6, 6.07) is -0.00309. The van der Waals surface area contributed by atoms with Gasteiger partial charge in [0.15, 0.2) is 5.96 Å². The number of sulfonamides is 1. The Hall–Kier alpha value is -1.19. The molecular weight excluding hydrogens is 334 g/mol. The summed E-state index contributed by atoms with van der Waals surface area (Å²) in [4.78, 5) is 10.7. The van der Waals surface area contributed by atoms with E-state index in [0.717, 1.165) is 29.5 Å². The molecule has 1 aromatic heterocycles. The SMILES string of the molecule is CN=C(NC[C@H]1CCCN1S(C)(=O)=O)N(C)Cc1csc(C)n1. The van der Waals surface area contributed by atoms with E-state index in [2.05, 4.69) is 15.3 Å². The number of hydrogen-bond acceptors (Lipinski definition) is 5. The lowest BCUT2D eigenvalue weighted by Gasteiger charge is -2.26. The van der Waals surface area contributed by atoms with Crippen molar-refractivity contribution in [2.24, 2.45) is 4.99 Å². The lowest BCUT2D eigenvalue weighted by atomic mass is 10.2. The van der Waals surface area contributed by atoms with Crippen LogP contribution in [0.3, 0.4) is 0 Å². The molecule has 0 radical (unpaired) electrons. The van der Waals surface area contributed by atoms with Crippen LogP contribution in [0.2, 0.25) is 0 Å². The molecule has 2 rings (SSSR count). The van der Waals surface area contributed by atoms with Gasteiger partial charge in [0.25, 0.3) is 0 Å². The minimum absolute atomic E-state index is 0.00309. The Kier molecular flexibility index (Phi) is 5.99. The van der Waals surface area contributed by atoms with Crippen LogP contribution in [0, 0.1) is 6.92 Å². The number of aromatic nitrogens is 1. The van der Waals surface area contributed by atoms with Gasteiger partial charge in [-0.2, -0.15) is 4.31 Å². The number of hydrogen-bond donors (Lipinski definition) is 1. The van der Waals surface area contributed by atoms with Gasteiger partial charge in [0.05, 0.1) is 23.5 Å². The fraction of sp³-hybridized carbons (Fsp3) is 0.714. The van der Waals surface area contributed by atoms with Gasteiger partial charge in [0, 0.05) is 38.6 Å². The van der Waals surface area contributed by atoms with E-state index in [9.17, 15) is 8.42 Å². The van der Waals surface area contributed by atoms with E-state index in [0.29, 0.717) is 19.6 Å². The minimum Gasteiger partial charge on any atom is -0.355 e. The molecule has 9 heteroatoms. The summed E-state index contributed by atoms with van der Waals surface area (Å²) in [6.07, 6.45) is 3.06. The Balaban J connectivity index is 1.92. The van der Waals surface area contributed by atoms with Gasteiger partial charge >= 0.3 is 0 Å². The molecule has 0 saturated carbocycles. The zero-order valence-corrected chi connectivity index (χ0v) is 15.7. The van der Waals surface area contributed by atoms with Crippen LogP contribution in [0.15, 0.2) is 10.4 Å². The second kappa shape index (κ2) is 7.59. The molecule has 1 aliphatic rings. The van der Waals surface area contributed by atoms with Gasteiger partial charge in [-0.3, -0.25) is 4.99 Å². The molecule has 1 fully saturated rings. The molecule has 1 aromatic rings. The van der Waals surface area contributed by atoms with Crippen molar-refractivity contribution >= 4 is 27.3 Å². The highest BCUT2D eigenvalue weighted by Gasteiger charge is 2.31. The molecule has 0 aliphatic carbocycles. The van der Waals surface area contributed by atoms with Gasteiger partial charge in [0.1, 0.15) is 0 Å². The maximum Gasteiger partial charge on any atom is 0.211 e. The summed E-state index contributed by atoms with van der Waals surface area (Å²) in [5.41, 5.74) is 1.01. The first-order valence-corrected chi connectivity index (χ1v) is 10.3. The van der Waals surface area contributed by atoms with Crippen LogP contribution in [-0.4, -0.2) is 68.0 Å². The van der Waals surface area contributed by atoms with Crippen molar-refractivity contribution in [3.8, 4) is 0 Å². The number of thiazole rings is 1. The van der Waals surface area contributed by atoms with Crippen molar-refractivity contribution in [3.05, 3.63) is 16.1 Å². The van der Waals surface area contributed by atoms with Gasteiger partial charge in [-0.25, -0.2) is 13.4 Å². The first kappa shape index (κ1) is 18.2. The van der Waals surface area contributed by atoms with Crippen LogP contribution in [0.5, 0.6) is 0 Å². The van der Waals surface area contributed by atoms with Gasteiger partial charge in [0.2, 0.25) is 10.0 Å². The first-order valence-electron chi connectivity index (χ1n) is 7.61. The monoisotopic (exact) mass is 359 g/mol. The van der Waals surface area contributed by atoms with Gasteiger partial charge in [-0.15, -0.1) is 11.3 Å². The lowest BCUT2D eigenvalue weighted by Crippen LogP contribution is -2.46. The van der Waals surface area contributed by atoms with Crippen LogP contribution < -0.4 is 5.32 Å². The predicted molar refractivity (Wildman–Crippen MR) is 94.3 cm³/mol. The molecule has 2 heterocycles. The zero-order valence-electron chi connectivity index (χ0n) is 14.1. The number of nitrogens with zero attached hydrogens (tertiary/aromatic N) is 4. The average Bonchev–Trinajstić information content (AvgIpc) is 3.08. The zero-order chi connectivity index (χ0) is 17.0. The molecule has 0 bridgehead atoms. The Morgan fingerprint density at radius 2 is 2.35 bits per heavy atom. The van der Waals surface area contributed by atoms with Crippen molar-refractivity contribution in [2.75, 3.05) is 33.4 Å². The predicted octanol–water partition coefficient (Wildman–Crippen LogP) is 0.883. The quantitative estimate of drug-likeness (QED) is 0.624. The fourth-order valence-electron chi connectivity index (χ4n) is 2.84. The molecular formula is C14H25N5O2S2. The number of nitrogens with one attached hydrogen (secondary N) is 1. The van der Waals surface area contributed by atoms with Crippen molar-refractivity contribution in [3.63, 3.8) is 0 Å². The molecule has 1 saturated heterocycles. The van der Waals surface area contributed by atoms with Crippen molar-refractivity contribution < 1.29 is 8.42 Å². The van der Waals surface area contributed by atoms with Crippen LogP contribution >= 0.6 is 11.3 Å². The van der Waals surface area contributed by atoms with Crippen LogP contribution in [0.1, 0.15) is 23.5 Å². The molecule has 0 amide bonds. The number of rotatable bonds is 5. The van der Waals surface area contributed by atoms with Crippen LogP contribution in [-0.2, 0) is 16.6 Å². The van der Waals surface area contributed by atoms with Crippen molar-refractivity contribution in [1.82, 2.24) is 19.5 Å². The lowest BCUT2D eigenvalue weighted by molar-refractivity contribution is 0.380. The third-order valence-corrected chi connectivity index (χ3v) is 6.04. The highest BCUT2D eigenvalue weighted by atomic mass is 32.2. The van der Waals surface area contributed by atoms with Crippen LogP contribution in [0.25, 0.3) is 0 Å². The molecule has 7 nitrogen and oxygen atoms in total. The van der Waals surface area contributed by atoms with Gasteiger partial charge in [-0.1, -0.05) is 0 Å². The summed E-state index contributed by atoms with van der Waals surface area (Å²) in [6.45, 7) is 3.84. The van der Waals surface area contributed by atoms with Crippen LogP contribution in [0.4, 0.5) is 0 Å². The third kappa shape index (κ3) is 4.89. The van der Waals surface area contributed by atoms with E-state index in [1.807, 2.05) is 24.3 Å². The normalized spacial score (nSPS) is 20.0. The van der Waals surface area contributed by atoms with Crippen molar-refractivity contribution in [1.29, 1.82) is 0 Å². The fourth-order valence-corrected chi connectivity index (χ4v) is 4.63. The summed E-state index contributed by atoms with van der Waals surface area (Å²) in [5, 5.41) is 6.38. The third-order valence-electron chi connectivity index (χ3n) is 3.88. The Bertz CT molecular complexity index is 656. The Morgan fingerprint density at radius 3 is 2.91 bits per heavy atom. The van der Waals surface area contributed by atoms with Crippen molar-refractivity contribution in [2.45, 2.75) is 32.4 Å². The maximum absolute atomic E-state index is 11.8. The molecule has 23 heavy (non-hydrogen) atoms. The van der Waals surface area contributed by atoms with E-state index in [1.54, 1.807) is 22.7 Å². The summed E-state index contributed by atoms with van der Waals surface area (Å²) < 4.78 is 25.2. The second-order valence-corrected chi connectivity index (χ2v) is 8.81. The van der Waals surface area contributed by atoms with E-state index in [1.165, 1.54) is 6.26 Å². The molecule has 1 N–H and O–H groups in total. The van der Waals surface area contributed by atoms with E-state index < -0.39 is 10.0 Å². The van der Waals surface area contributed by atoms with E-state index >= 15 is 0 Å². The molecule has 1 atom stereocenters. The maximum atomic E-state index is 11.8. The molecule has 1 aliphatic heterocycles.